The summed E-state index contributed by atoms with van der Waals surface area (Å²) >= 11 is 0. The Hall–Kier alpha value is -1.76. The molecule has 1 aliphatic carbocycles. The Kier molecular flexibility index (Phi) is 8.35. The normalized spacial score (nSPS) is 16.1. The van der Waals surface area contributed by atoms with E-state index in [4.69, 9.17) is 18.6 Å². The molecule has 0 fully saturated rings. The van der Waals surface area contributed by atoms with E-state index in [1.165, 1.54) is 13.2 Å². The lowest BCUT2D eigenvalue weighted by molar-refractivity contribution is -0.166. The zero-order valence-corrected chi connectivity index (χ0v) is 19.8. The summed E-state index contributed by atoms with van der Waals surface area (Å²) in [4.78, 5) is 26.0. The zero-order valence-electron chi connectivity index (χ0n) is 18.8. The second-order valence-electron chi connectivity index (χ2n) is 7.93. The monoisotopic (exact) mass is 412 g/mol. The molecule has 1 rings (SSSR count). The molecule has 0 N–H and O–H groups in total. The first-order valence-corrected chi connectivity index (χ1v) is 12.2. The highest BCUT2D eigenvalue weighted by Gasteiger charge is 2.59. The maximum absolute atomic E-state index is 13.0. The number of methoxy groups -OCH3 is 1. The Morgan fingerprint density at radius 2 is 1.36 bits per heavy atom. The van der Waals surface area contributed by atoms with E-state index in [1.54, 1.807) is 19.9 Å². The van der Waals surface area contributed by atoms with Crippen molar-refractivity contribution >= 4 is 20.3 Å². The molecule has 0 atom stereocenters. The largest absolute Gasteiger partial charge is 0.544 e. The van der Waals surface area contributed by atoms with Gasteiger partial charge in [-0.25, -0.2) is 9.59 Å². The van der Waals surface area contributed by atoms with Crippen molar-refractivity contribution in [3.8, 4) is 0 Å². The Morgan fingerprint density at radius 3 is 1.68 bits per heavy atom. The minimum absolute atomic E-state index is 0.143. The third kappa shape index (κ3) is 4.14. The summed E-state index contributed by atoms with van der Waals surface area (Å²) in [5.74, 6) is -0.767. The molecular formula is C21H36O6Si. The Labute approximate surface area is 170 Å². The third-order valence-corrected chi connectivity index (χ3v) is 11.4. The van der Waals surface area contributed by atoms with Crippen LogP contribution >= 0.6 is 0 Å². The van der Waals surface area contributed by atoms with Gasteiger partial charge in [-0.1, -0.05) is 41.5 Å². The number of rotatable bonds is 10. The molecule has 0 saturated carbocycles. The standard InChI is InChI=1S/C21H36O6Si/c1-10-25-19(22)21(20(23)26-11-2)13-17(24-9)12-18(21)27-28(14(3)4,15(5)6)16(7)8/h12-16H,10-11H2,1-9H3. The zero-order chi connectivity index (χ0) is 21.7. The van der Waals surface area contributed by atoms with Crippen LogP contribution in [0, 0.1) is 5.41 Å². The molecule has 28 heavy (non-hydrogen) atoms. The average molecular weight is 413 g/mol. The van der Waals surface area contributed by atoms with Gasteiger partial charge in [0.25, 0.3) is 8.32 Å². The fourth-order valence-electron chi connectivity index (χ4n) is 4.23. The number of hydrogen-bond acceptors (Lipinski definition) is 6. The lowest BCUT2D eigenvalue weighted by atomic mass is 9.88. The number of carbonyl (C=O) groups excluding carboxylic acids is 2. The molecule has 0 aliphatic heterocycles. The molecule has 0 bridgehead atoms. The molecular weight excluding hydrogens is 376 g/mol. The van der Waals surface area contributed by atoms with Gasteiger partial charge in [-0.05, 0) is 36.5 Å². The quantitative estimate of drug-likeness (QED) is 0.294. The fraction of sp³-hybridized carbons (Fsp3) is 0.714. The molecule has 0 heterocycles. The van der Waals surface area contributed by atoms with Crippen molar-refractivity contribution < 1.29 is 28.2 Å². The van der Waals surface area contributed by atoms with Crippen molar-refractivity contribution in [1.29, 1.82) is 0 Å². The Bertz CT molecular complexity index is 593. The van der Waals surface area contributed by atoms with Crippen LogP contribution in [0.1, 0.15) is 55.4 Å². The minimum Gasteiger partial charge on any atom is -0.544 e. The highest BCUT2D eigenvalue weighted by atomic mass is 28.4. The topological polar surface area (TPSA) is 71.1 Å². The molecule has 0 aromatic heterocycles. The molecule has 160 valence electrons. The van der Waals surface area contributed by atoms with Gasteiger partial charge in [-0.3, -0.25) is 0 Å². The van der Waals surface area contributed by atoms with Crippen LogP contribution in [0.15, 0.2) is 23.7 Å². The van der Waals surface area contributed by atoms with Crippen molar-refractivity contribution in [2.45, 2.75) is 72.0 Å². The molecule has 6 nitrogen and oxygen atoms in total. The lowest BCUT2D eigenvalue weighted by Crippen LogP contribution is -2.51. The van der Waals surface area contributed by atoms with Gasteiger partial charge >= 0.3 is 11.9 Å². The second kappa shape index (κ2) is 9.63. The lowest BCUT2D eigenvalue weighted by Gasteiger charge is -2.44. The molecule has 0 spiro atoms. The molecule has 0 amide bonds. The van der Waals surface area contributed by atoms with Crippen molar-refractivity contribution in [1.82, 2.24) is 0 Å². The van der Waals surface area contributed by atoms with Gasteiger partial charge in [0, 0.05) is 6.08 Å². The molecule has 0 unspecified atom stereocenters. The molecule has 0 aromatic carbocycles. The third-order valence-electron chi connectivity index (χ3n) is 5.45. The van der Waals surface area contributed by atoms with E-state index in [0.717, 1.165) is 0 Å². The van der Waals surface area contributed by atoms with Crippen LogP contribution in [0.4, 0.5) is 0 Å². The summed E-state index contributed by atoms with van der Waals surface area (Å²) in [7, 11) is -0.944. The van der Waals surface area contributed by atoms with Crippen LogP contribution in [0.2, 0.25) is 16.6 Å². The van der Waals surface area contributed by atoms with Gasteiger partial charge < -0.3 is 18.6 Å². The van der Waals surface area contributed by atoms with Gasteiger partial charge in [-0.15, -0.1) is 0 Å². The molecule has 0 saturated heterocycles. The highest BCUT2D eigenvalue weighted by molar-refractivity contribution is 6.78. The summed E-state index contributed by atoms with van der Waals surface area (Å²) in [6.07, 6.45) is 3.08. The second-order valence-corrected chi connectivity index (χ2v) is 13.3. The van der Waals surface area contributed by atoms with Gasteiger partial charge in [0.15, 0.2) is 0 Å². The molecule has 0 radical (unpaired) electrons. The Morgan fingerprint density at radius 1 is 0.929 bits per heavy atom. The van der Waals surface area contributed by atoms with Crippen molar-refractivity contribution in [3.05, 3.63) is 23.7 Å². The van der Waals surface area contributed by atoms with E-state index in [-0.39, 0.29) is 35.6 Å². The number of carbonyl (C=O) groups is 2. The summed E-state index contributed by atoms with van der Waals surface area (Å²) in [5.41, 5.74) is -0.972. The number of ether oxygens (including phenoxy) is 3. The highest BCUT2D eigenvalue weighted by Crippen LogP contribution is 2.49. The van der Waals surface area contributed by atoms with E-state index in [0.29, 0.717) is 5.76 Å². The minimum atomic E-state index is -2.43. The van der Waals surface area contributed by atoms with E-state index >= 15 is 0 Å². The average Bonchev–Trinajstić information content (AvgIpc) is 2.98. The van der Waals surface area contributed by atoms with Crippen molar-refractivity contribution in [2.75, 3.05) is 20.3 Å². The van der Waals surface area contributed by atoms with E-state index in [1.807, 2.05) is 0 Å². The van der Waals surface area contributed by atoms with Crippen molar-refractivity contribution in [2.24, 2.45) is 5.41 Å². The molecule has 0 aromatic rings. The maximum atomic E-state index is 13.0. The van der Waals surface area contributed by atoms with Crippen LogP contribution in [-0.2, 0) is 28.2 Å². The Balaban J connectivity index is 3.62. The first-order valence-electron chi connectivity index (χ1n) is 10.1. The van der Waals surface area contributed by atoms with Gasteiger partial charge in [0.05, 0.1) is 20.3 Å². The first-order chi connectivity index (χ1) is 13.0. The predicted molar refractivity (Wildman–Crippen MR) is 111 cm³/mol. The maximum Gasteiger partial charge on any atom is 0.335 e. The summed E-state index contributed by atoms with van der Waals surface area (Å²) in [6.45, 7) is 16.5. The van der Waals surface area contributed by atoms with Crippen LogP contribution in [0.3, 0.4) is 0 Å². The molecule has 7 heteroatoms. The van der Waals surface area contributed by atoms with Crippen LogP contribution in [0.5, 0.6) is 0 Å². The first kappa shape index (κ1) is 24.3. The smallest absolute Gasteiger partial charge is 0.335 e. The summed E-state index contributed by atoms with van der Waals surface area (Å²) < 4.78 is 22.6. The predicted octanol–water partition coefficient (Wildman–Crippen LogP) is 4.72. The number of hydrogen-bond donors (Lipinski definition) is 0. The number of esters is 2. The summed E-state index contributed by atoms with van der Waals surface area (Å²) in [6, 6.07) is 0. The number of allylic oxidation sites excluding steroid dienone is 1. The SMILES string of the molecule is CCOC(=O)C1(C(=O)OCC)C=C(OC)C=C1O[Si](C(C)C)(C(C)C)C(C)C. The van der Waals surface area contributed by atoms with Crippen molar-refractivity contribution in [3.63, 3.8) is 0 Å². The van der Waals surface area contributed by atoms with Crippen LogP contribution < -0.4 is 0 Å². The van der Waals surface area contributed by atoms with Crippen LogP contribution in [0.25, 0.3) is 0 Å². The van der Waals surface area contributed by atoms with E-state index < -0.39 is 25.7 Å². The molecule has 1 aliphatic rings. The van der Waals surface area contributed by atoms with Crippen LogP contribution in [-0.4, -0.2) is 40.6 Å². The van der Waals surface area contributed by atoms with Gasteiger partial charge in [-0.2, -0.15) is 0 Å². The summed E-state index contributed by atoms with van der Waals surface area (Å²) in [5, 5.41) is 0. The van der Waals surface area contributed by atoms with Gasteiger partial charge in [0.2, 0.25) is 5.41 Å². The fourth-order valence-corrected chi connectivity index (χ4v) is 9.54. The van der Waals surface area contributed by atoms with Gasteiger partial charge in [0.1, 0.15) is 11.5 Å². The van der Waals surface area contributed by atoms with E-state index in [9.17, 15) is 9.59 Å². The van der Waals surface area contributed by atoms with E-state index in [2.05, 4.69) is 41.5 Å².